The van der Waals surface area contributed by atoms with Gasteiger partial charge in [0.1, 0.15) is 0 Å². The Balaban J connectivity index is 0. The van der Waals surface area contributed by atoms with Crippen LogP contribution in [0.1, 0.15) is 110 Å². The molecule has 29 heavy (non-hydrogen) atoms. The SMILES string of the molecule is CCCCCCCCCCCCCCCCC(CC(O)O)C(=O)NCC(O)O.Cl. The van der Waals surface area contributed by atoms with Crippen molar-refractivity contribution in [3.8, 4) is 0 Å². The average molecular weight is 440 g/mol. The Labute approximate surface area is 183 Å². The highest BCUT2D eigenvalue weighted by Crippen LogP contribution is 2.18. The van der Waals surface area contributed by atoms with Crippen LogP contribution < -0.4 is 5.32 Å². The molecule has 0 rings (SSSR count). The molecule has 1 unspecified atom stereocenters. The molecule has 0 saturated heterocycles. The van der Waals surface area contributed by atoms with Crippen LogP contribution in [0.15, 0.2) is 0 Å². The molecule has 0 fully saturated rings. The second-order valence-electron chi connectivity index (χ2n) is 8.02. The van der Waals surface area contributed by atoms with Crippen molar-refractivity contribution in [2.75, 3.05) is 6.54 Å². The summed E-state index contributed by atoms with van der Waals surface area (Å²) in [6, 6.07) is 0. The molecule has 176 valence electrons. The highest BCUT2D eigenvalue weighted by molar-refractivity contribution is 5.85. The number of hydrogen-bond acceptors (Lipinski definition) is 5. The van der Waals surface area contributed by atoms with E-state index >= 15 is 0 Å². The lowest BCUT2D eigenvalue weighted by Crippen LogP contribution is -2.37. The second kappa shape index (κ2) is 22.3. The van der Waals surface area contributed by atoms with Crippen molar-refractivity contribution in [3.63, 3.8) is 0 Å². The first-order chi connectivity index (χ1) is 13.5. The van der Waals surface area contributed by atoms with Crippen LogP contribution in [0.3, 0.4) is 0 Å². The molecule has 0 aliphatic rings. The van der Waals surface area contributed by atoms with Crippen LogP contribution >= 0.6 is 12.4 Å². The van der Waals surface area contributed by atoms with Gasteiger partial charge in [-0.15, -0.1) is 12.4 Å². The molecule has 6 nitrogen and oxygen atoms in total. The number of rotatable bonds is 20. The minimum absolute atomic E-state index is 0. The zero-order chi connectivity index (χ0) is 21.0. The Morgan fingerprint density at radius 3 is 1.48 bits per heavy atom. The van der Waals surface area contributed by atoms with Crippen molar-refractivity contribution >= 4 is 18.3 Å². The van der Waals surface area contributed by atoms with Crippen LogP contribution in [0.25, 0.3) is 0 Å². The van der Waals surface area contributed by atoms with Crippen molar-refractivity contribution in [2.24, 2.45) is 5.92 Å². The zero-order valence-corrected chi connectivity index (χ0v) is 19.2. The molecular weight excluding hydrogens is 394 g/mol. The number of hydrogen-bond donors (Lipinski definition) is 5. The van der Waals surface area contributed by atoms with E-state index in [0.717, 1.165) is 19.3 Å². The molecule has 0 aromatic heterocycles. The average Bonchev–Trinajstić information content (AvgIpc) is 2.65. The number of carbonyl (C=O) groups is 1. The summed E-state index contributed by atoms with van der Waals surface area (Å²) in [5.41, 5.74) is 0. The molecular formula is C22H46ClNO5. The molecule has 0 aromatic rings. The fourth-order valence-corrected chi connectivity index (χ4v) is 3.53. The third kappa shape index (κ3) is 22.1. The standard InChI is InChI=1S/C22H45NO5.ClH/c1-2-3-4-5-6-7-8-9-10-11-12-13-14-15-16-19(17-20(24)25)22(28)23-18-21(26)27;/h19-21,24-27H,2-18H2,1H3,(H,23,28);1H. The Kier molecular flexibility index (Phi) is 23.7. The minimum atomic E-state index is -1.59. The number of halogens is 1. The van der Waals surface area contributed by atoms with Crippen molar-refractivity contribution in [1.29, 1.82) is 0 Å². The van der Waals surface area contributed by atoms with Crippen LogP contribution in [0.4, 0.5) is 0 Å². The maximum Gasteiger partial charge on any atom is 0.223 e. The molecule has 0 bridgehead atoms. The lowest BCUT2D eigenvalue weighted by atomic mass is 9.95. The van der Waals surface area contributed by atoms with Gasteiger partial charge in [-0.3, -0.25) is 4.79 Å². The van der Waals surface area contributed by atoms with Gasteiger partial charge in [0.25, 0.3) is 0 Å². The zero-order valence-electron chi connectivity index (χ0n) is 18.4. The molecule has 0 radical (unpaired) electrons. The highest BCUT2D eigenvalue weighted by atomic mass is 35.5. The summed E-state index contributed by atoms with van der Waals surface area (Å²) >= 11 is 0. The van der Waals surface area contributed by atoms with Crippen LogP contribution in [0.2, 0.25) is 0 Å². The van der Waals surface area contributed by atoms with Crippen LogP contribution in [0, 0.1) is 5.92 Å². The quantitative estimate of drug-likeness (QED) is 0.145. The summed E-state index contributed by atoms with van der Waals surface area (Å²) in [5.74, 6) is -0.855. The van der Waals surface area contributed by atoms with Crippen LogP contribution in [-0.4, -0.2) is 45.5 Å². The van der Waals surface area contributed by atoms with Gasteiger partial charge in [-0.1, -0.05) is 96.8 Å². The summed E-state index contributed by atoms with van der Waals surface area (Å²) < 4.78 is 0. The molecule has 0 aliphatic carbocycles. The molecule has 0 aliphatic heterocycles. The predicted octanol–water partition coefficient (Wildman–Crippen LogP) is 4.02. The van der Waals surface area contributed by atoms with Crippen molar-refractivity contribution in [3.05, 3.63) is 0 Å². The lowest BCUT2D eigenvalue weighted by molar-refractivity contribution is -0.132. The number of amides is 1. The maximum atomic E-state index is 12.0. The van der Waals surface area contributed by atoms with Gasteiger partial charge in [0, 0.05) is 12.3 Å². The van der Waals surface area contributed by atoms with Crippen LogP contribution in [0.5, 0.6) is 0 Å². The van der Waals surface area contributed by atoms with E-state index in [0.29, 0.717) is 6.42 Å². The van der Waals surface area contributed by atoms with Crippen molar-refractivity contribution in [1.82, 2.24) is 5.32 Å². The largest absolute Gasteiger partial charge is 0.368 e. The predicted molar refractivity (Wildman–Crippen MR) is 120 cm³/mol. The van der Waals surface area contributed by atoms with Gasteiger partial charge in [-0.25, -0.2) is 0 Å². The fourth-order valence-electron chi connectivity index (χ4n) is 3.53. The van der Waals surface area contributed by atoms with Crippen molar-refractivity contribution < 1.29 is 25.2 Å². The Morgan fingerprint density at radius 2 is 1.10 bits per heavy atom. The molecule has 0 heterocycles. The molecule has 7 heteroatoms. The smallest absolute Gasteiger partial charge is 0.223 e. The highest BCUT2D eigenvalue weighted by Gasteiger charge is 2.21. The summed E-state index contributed by atoms with van der Waals surface area (Å²) in [5, 5.41) is 38.3. The van der Waals surface area contributed by atoms with E-state index in [2.05, 4.69) is 12.2 Å². The first kappa shape index (κ1) is 30.8. The summed E-state index contributed by atoms with van der Waals surface area (Å²) in [6.07, 6.45) is 15.2. The monoisotopic (exact) mass is 439 g/mol. The second-order valence-corrected chi connectivity index (χ2v) is 8.02. The van der Waals surface area contributed by atoms with E-state index in [4.69, 9.17) is 20.4 Å². The van der Waals surface area contributed by atoms with Crippen molar-refractivity contribution in [2.45, 2.75) is 122 Å². The molecule has 0 aromatic carbocycles. The maximum absolute atomic E-state index is 12.0. The van der Waals surface area contributed by atoms with Gasteiger partial charge in [-0.2, -0.15) is 0 Å². The van der Waals surface area contributed by atoms with Crippen LogP contribution in [-0.2, 0) is 4.79 Å². The summed E-state index contributed by atoms with van der Waals surface area (Å²) in [4.78, 5) is 12.0. The van der Waals surface area contributed by atoms with Gasteiger partial charge in [0.05, 0.1) is 6.54 Å². The molecule has 1 amide bonds. The Hall–Kier alpha value is -0.400. The number of carbonyl (C=O) groups excluding carboxylic acids is 1. The fraction of sp³-hybridized carbons (Fsp3) is 0.955. The van der Waals surface area contributed by atoms with E-state index in [9.17, 15) is 4.79 Å². The number of aliphatic hydroxyl groups excluding tert-OH is 2. The number of unbranched alkanes of at least 4 members (excludes halogenated alkanes) is 13. The normalized spacial score (nSPS) is 12.2. The summed E-state index contributed by atoms with van der Waals surface area (Å²) in [7, 11) is 0. The van der Waals surface area contributed by atoms with Gasteiger partial charge >= 0.3 is 0 Å². The lowest BCUT2D eigenvalue weighted by Gasteiger charge is -2.18. The van der Waals surface area contributed by atoms with Gasteiger partial charge in [0.15, 0.2) is 12.6 Å². The third-order valence-electron chi connectivity index (χ3n) is 5.23. The topological polar surface area (TPSA) is 110 Å². The van der Waals surface area contributed by atoms with Gasteiger partial charge in [-0.05, 0) is 6.42 Å². The first-order valence-electron chi connectivity index (χ1n) is 11.5. The Bertz CT molecular complexity index is 356. The Morgan fingerprint density at radius 1 is 0.690 bits per heavy atom. The van der Waals surface area contributed by atoms with Gasteiger partial charge < -0.3 is 25.7 Å². The molecule has 1 atom stereocenters. The van der Waals surface area contributed by atoms with E-state index in [-0.39, 0.29) is 31.3 Å². The van der Waals surface area contributed by atoms with E-state index in [1.165, 1.54) is 70.6 Å². The number of nitrogens with one attached hydrogen (secondary N) is 1. The minimum Gasteiger partial charge on any atom is -0.368 e. The van der Waals surface area contributed by atoms with Gasteiger partial charge in [0.2, 0.25) is 5.91 Å². The van der Waals surface area contributed by atoms with E-state index < -0.39 is 18.5 Å². The molecule has 0 saturated carbocycles. The number of aliphatic hydroxyl groups is 4. The summed E-state index contributed by atoms with van der Waals surface area (Å²) in [6.45, 7) is 2.01. The molecule has 5 N–H and O–H groups in total. The van der Waals surface area contributed by atoms with E-state index in [1.807, 2.05) is 0 Å². The first-order valence-corrected chi connectivity index (χ1v) is 11.5. The van der Waals surface area contributed by atoms with E-state index in [1.54, 1.807) is 0 Å². The third-order valence-corrected chi connectivity index (χ3v) is 5.23. The molecule has 0 spiro atoms.